The minimum absolute atomic E-state index is 0.332. The third kappa shape index (κ3) is 3.07. The Morgan fingerprint density at radius 3 is 2.71 bits per heavy atom. The predicted octanol–water partition coefficient (Wildman–Crippen LogP) is 5.42. The SMILES string of the molecule is COC1CN(c2ccc3cc(-c4oc5cc(C=O)ccc5c4C)n(CC4CC4)c3c2)C1. The van der Waals surface area contributed by atoms with Gasteiger partial charge in [-0.15, -0.1) is 0 Å². The lowest BCUT2D eigenvalue weighted by molar-refractivity contribution is 0.0788. The summed E-state index contributed by atoms with van der Waals surface area (Å²) in [5.41, 5.74) is 6.16. The molecule has 5 heteroatoms. The van der Waals surface area contributed by atoms with Crippen molar-refractivity contribution in [1.82, 2.24) is 4.57 Å². The van der Waals surface area contributed by atoms with Crippen molar-refractivity contribution in [2.75, 3.05) is 25.1 Å². The summed E-state index contributed by atoms with van der Waals surface area (Å²) in [5.74, 6) is 1.64. The van der Waals surface area contributed by atoms with Crippen LogP contribution in [0.25, 0.3) is 33.3 Å². The quantitative estimate of drug-likeness (QED) is 0.395. The number of aromatic nitrogens is 1. The van der Waals surface area contributed by atoms with Crippen LogP contribution in [0.1, 0.15) is 28.8 Å². The van der Waals surface area contributed by atoms with Gasteiger partial charge in [0.25, 0.3) is 0 Å². The molecule has 1 saturated carbocycles. The number of hydrogen-bond acceptors (Lipinski definition) is 4. The molecule has 2 fully saturated rings. The number of ether oxygens (including phenoxy) is 1. The summed E-state index contributed by atoms with van der Waals surface area (Å²) in [6.45, 7) is 5.01. The zero-order valence-electron chi connectivity index (χ0n) is 17.9. The van der Waals surface area contributed by atoms with Crippen molar-refractivity contribution in [3.8, 4) is 11.5 Å². The van der Waals surface area contributed by atoms with Crippen LogP contribution in [0.4, 0.5) is 5.69 Å². The van der Waals surface area contributed by atoms with E-state index in [2.05, 4.69) is 40.7 Å². The summed E-state index contributed by atoms with van der Waals surface area (Å²) in [6, 6.07) is 14.7. The van der Waals surface area contributed by atoms with Gasteiger partial charge in [0.2, 0.25) is 0 Å². The number of nitrogens with zero attached hydrogens (tertiary/aromatic N) is 2. The van der Waals surface area contributed by atoms with Crippen LogP contribution >= 0.6 is 0 Å². The molecule has 0 amide bonds. The number of rotatable bonds is 6. The van der Waals surface area contributed by atoms with Crippen LogP contribution in [0.2, 0.25) is 0 Å². The summed E-state index contributed by atoms with van der Waals surface area (Å²) in [5, 5.41) is 2.30. The maximum atomic E-state index is 11.2. The van der Waals surface area contributed by atoms with Crippen LogP contribution in [-0.4, -0.2) is 37.2 Å². The molecule has 1 saturated heterocycles. The molecular formula is C26H26N2O3. The predicted molar refractivity (Wildman–Crippen MR) is 123 cm³/mol. The molecule has 2 aromatic carbocycles. The van der Waals surface area contributed by atoms with E-state index >= 15 is 0 Å². The van der Waals surface area contributed by atoms with E-state index in [0.717, 1.165) is 59.8 Å². The molecule has 31 heavy (non-hydrogen) atoms. The number of aryl methyl sites for hydroxylation is 1. The molecule has 4 aromatic rings. The van der Waals surface area contributed by atoms with Crippen molar-refractivity contribution in [3.63, 3.8) is 0 Å². The average molecular weight is 415 g/mol. The van der Waals surface area contributed by atoms with Gasteiger partial charge in [-0.2, -0.15) is 0 Å². The summed E-state index contributed by atoms with van der Waals surface area (Å²) in [6.07, 6.45) is 3.79. The maximum Gasteiger partial charge on any atom is 0.154 e. The van der Waals surface area contributed by atoms with E-state index in [9.17, 15) is 4.79 Å². The first-order chi connectivity index (χ1) is 15.1. The molecule has 3 heterocycles. The molecule has 1 aliphatic heterocycles. The minimum Gasteiger partial charge on any atom is -0.454 e. The largest absolute Gasteiger partial charge is 0.454 e. The Balaban J connectivity index is 1.48. The Bertz CT molecular complexity index is 1310. The van der Waals surface area contributed by atoms with Gasteiger partial charge in [-0.1, -0.05) is 18.2 Å². The van der Waals surface area contributed by atoms with Crippen LogP contribution in [0, 0.1) is 12.8 Å². The monoisotopic (exact) mass is 414 g/mol. The lowest BCUT2D eigenvalue weighted by atomic mass is 10.1. The summed E-state index contributed by atoms with van der Waals surface area (Å²) in [4.78, 5) is 13.6. The maximum absolute atomic E-state index is 11.2. The number of fused-ring (bicyclic) bond motifs is 2. The van der Waals surface area contributed by atoms with Gasteiger partial charge in [0.05, 0.1) is 17.3 Å². The first kappa shape index (κ1) is 18.7. The molecule has 0 bridgehead atoms. The Labute approximate surface area is 181 Å². The number of aldehydes is 1. The lowest BCUT2D eigenvalue weighted by Gasteiger charge is -2.40. The smallest absolute Gasteiger partial charge is 0.154 e. The van der Waals surface area contributed by atoms with E-state index in [1.165, 1.54) is 29.4 Å². The normalized spacial score (nSPS) is 16.9. The highest BCUT2D eigenvalue weighted by molar-refractivity contribution is 5.94. The summed E-state index contributed by atoms with van der Waals surface area (Å²) < 4.78 is 14.2. The molecule has 0 atom stereocenters. The van der Waals surface area contributed by atoms with E-state index in [1.54, 1.807) is 7.11 Å². The molecule has 0 spiro atoms. The van der Waals surface area contributed by atoms with Gasteiger partial charge in [-0.05, 0) is 49.9 Å². The average Bonchev–Trinajstić information content (AvgIpc) is 3.43. The Morgan fingerprint density at radius 1 is 1.13 bits per heavy atom. The fraction of sp³-hybridized carbons (Fsp3) is 0.346. The fourth-order valence-electron chi connectivity index (χ4n) is 4.74. The van der Waals surface area contributed by atoms with Crippen molar-refractivity contribution >= 4 is 33.8 Å². The van der Waals surface area contributed by atoms with E-state index in [0.29, 0.717) is 11.7 Å². The van der Waals surface area contributed by atoms with Crippen LogP contribution in [0.15, 0.2) is 46.9 Å². The lowest BCUT2D eigenvalue weighted by Crippen LogP contribution is -2.51. The molecule has 1 aliphatic carbocycles. The van der Waals surface area contributed by atoms with Crippen LogP contribution in [0.5, 0.6) is 0 Å². The van der Waals surface area contributed by atoms with Crippen molar-refractivity contribution in [3.05, 3.63) is 53.6 Å². The van der Waals surface area contributed by atoms with Crippen molar-refractivity contribution < 1.29 is 13.9 Å². The highest BCUT2D eigenvalue weighted by Gasteiger charge is 2.29. The van der Waals surface area contributed by atoms with Crippen LogP contribution in [-0.2, 0) is 11.3 Å². The standard InChI is InChI=1S/C26H26N2O3/c1-16-22-8-5-18(15-29)9-25(22)31-26(16)24-10-19-6-7-20(27-13-21(14-27)30-2)11-23(19)28(24)12-17-3-4-17/h5-11,15,17,21H,3-4,12-14H2,1-2H3. The molecule has 158 valence electrons. The second kappa shape index (κ2) is 6.99. The first-order valence-electron chi connectivity index (χ1n) is 11.0. The first-order valence-corrected chi connectivity index (χ1v) is 11.0. The number of hydrogen-bond donors (Lipinski definition) is 0. The van der Waals surface area contributed by atoms with Gasteiger partial charge < -0.3 is 18.6 Å². The van der Waals surface area contributed by atoms with Crippen LogP contribution < -0.4 is 4.90 Å². The number of anilines is 1. The van der Waals surface area contributed by atoms with E-state index < -0.39 is 0 Å². The number of carbonyl (C=O) groups excluding carboxylic acids is 1. The molecule has 2 aliphatic rings. The van der Waals surface area contributed by atoms with Crippen molar-refractivity contribution in [2.45, 2.75) is 32.4 Å². The third-order valence-electron chi connectivity index (χ3n) is 6.90. The van der Waals surface area contributed by atoms with Crippen molar-refractivity contribution in [2.24, 2.45) is 5.92 Å². The van der Waals surface area contributed by atoms with Gasteiger partial charge >= 0.3 is 0 Å². The second-order valence-corrected chi connectivity index (χ2v) is 9.02. The Kier molecular flexibility index (Phi) is 4.22. The highest BCUT2D eigenvalue weighted by atomic mass is 16.5. The van der Waals surface area contributed by atoms with E-state index in [-0.39, 0.29) is 0 Å². The van der Waals surface area contributed by atoms with Gasteiger partial charge in [-0.25, -0.2) is 0 Å². The van der Waals surface area contributed by atoms with Gasteiger partial charge in [0, 0.05) is 54.3 Å². The Morgan fingerprint density at radius 2 is 1.97 bits per heavy atom. The number of benzene rings is 2. The van der Waals surface area contributed by atoms with Gasteiger partial charge in [0.1, 0.15) is 11.9 Å². The van der Waals surface area contributed by atoms with E-state index in [1.807, 2.05) is 18.2 Å². The second-order valence-electron chi connectivity index (χ2n) is 9.02. The van der Waals surface area contributed by atoms with Gasteiger partial charge in [-0.3, -0.25) is 4.79 Å². The van der Waals surface area contributed by atoms with Gasteiger partial charge in [0.15, 0.2) is 5.76 Å². The molecule has 6 rings (SSSR count). The molecule has 5 nitrogen and oxygen atoms in total. The van der Waals surface area contributed by atoms with E-state index in [4.69, 9.17) is 9.15 Å². The van der Waals surface area contributed by atoms with Crippen LogP contribution in [0.3, 0.4) is 0 Å². The topological polar surface area (TPSA) is 47.6 Å². The summed E-state index contributed by atoms with van der Waals surface area (Å²) in [7, 11) is 1.78. The minimum atomic E-state index is 0.332. The molecule has 0 unspecified atom stereocenters. The highest BCUT2D eigenvalue weighted by Crippen LogP contribution is 2.40. The fourth-order valence-corrected chi connectivity index (χ4v) is 4.74. The number of methoxy groups -OCH3 is 1. The number of furan rings is 1. The molecule has 2 aromatic heterocycles. The third-order valence-corrected chi connectivity index (χ3v) is 6.90. The zero-order chi connectivity index (χ0) is 21.1. The Hall–Kier alpha value is -3.05. The summed E-state index contributed by atoms with van der Waals surface area (Å²) >= 11 is 0. The number of carbonyl (C=O) groups is 1. The molecular weight excluding hydrogens is 388 g/mol. The molecule has 0 N–H and O–H groups in total. The zero-order valence-corrected chi connectivity index (χ0v) is 17.9. The van der Waals surface area contributed by atoms with Crippen molar-refractivity contribution in [1.29, 1.82) is 0 Å². The molecule has 0 radical (unpaired) electrons.